The third kappa shape index (κ3) is 3.47. The summed E-state index contributed by atoms with van der Waals surface area (Å²) in [5.41, 5.74) is 0.410. The van der Waals surface area contributed by atoms with Crippen molar-refractivity contribution in [2.24, 2.45) is 0 Å². The van der Waals surface area contributed by atoms with Crippen LogP contribution in [0.25, 0.3) is 0 Å². The summed E-state index contributed by atoms with van der Waals surface area (Å²) in [4.78, 5) is 22.3. The van der Waals surface area contributed by atoms with Gasteiger partial charge in [-0.3, -0.25) is 9.59 Å². The summed E-state index contributed by atoms with van der Waals surface area (Å²) in [6, 6.07) is 8.47. The van der Waals surface area contributed by atoms with E-state index in [1.54, 1.807) is 0 Å². The molecule has 0 saturated heterocycles. The van der Waals surface area contributed by atoms with E-state index in [-0.39, 0.29) is 23.7 Å². The predicted octanol–water partition coefficient (Wildman–Crippen LogP) is 3.04. The zero-order valence-electron chi connectivity index (χ0n) is 10.3. The summed E-state index contributed by atoms with van der Waals surface area (Å²) in [6.45, 7) is -0.326. The maximum absolute atomic E-state index is 13.1. The Morgan fingerprint density at radius 3 is 2.40 bits per heavy atom. The van der Waals surface area contributed by atoms with Gasteiger partial charge in [0.15, 0.2) is 12.4 Å². The molecule has 2 aromatic carbocycles. The van der Waals surface area contributed by atoms with Gasteiger partial charge in [0.05, 0.1) is 0 Å². The minimum Gasteiger partial charge on any atom is -0.485 e. The van der Waals surface area contributed by atoms with Crippen LogP contribution < -0.4 is 4.74 Å². The highest BCUT2D eigenvalue weighted by atomic mass is 19.1. The first-order valence-electron chi connectivity index (χ1n) is 5.76. The number of rotatable bonds is 5. The van der Waals surface area contributed by atoms with Gasteiger partial charge in [-0.2, -0.15) is 0 Å². The van der Waals surface area contributed by atoms with E-state index in [9.17, 15) is 18.4 Å². The Morgan fingerprint density at radius 1 is 1.05 bits per heavy atom. The SMILES string of the molecule is O=Cc1cc(F)cc(OCC(=O)c2ccc(F)cc2)c1. The second kappa shape index (κ2) is 6.06. The molecule has 0 aliphatic carbocycles. The molecule has 0 amide bonds. The van der Waals surface area contributed by atoms with Crippen LogP contribution in [0, 0.1) is 11.6 Å². The maximum atomic E-state index is 13.1. The standard InChI is InChI=1S/C15H10F2O3/c16-12-3-1-11(2-4-12)15(19)9-20-14-6-10(8-18)5-13(17)7-14/h1-8H,9H2. The molecule has 20 heavy (non-hydrogen) atoms. The molecule has 0 heterocycles. The van der Waals surface area contributed by atoms with Crippen LogP contribution in [0.3, 0.4) is 0 Å². The number of halogens is 2. The van der Waals surface area contributed by atoms with E-state index in [0.717, 1.165) is 12.1 Å². The number of ketones is 1. The Balaban J connectivity index is 2.05. The van der Waals surface area contributed by atoms with Crippen LogP contribution in [0.15, 0.2) is 42.5 Å². The molecule has 0 aliphatic rings. The summed E-state index contributed by atoms with van der Waals surface area (Å²) >= 11 is 0. The molecule has 0 aliphatic heterocycles. The third-order valence-electron chi connectivity index (χ3n) is 2.57. The molecule has 0 spiro atoms. The first-order chi connectivity index (χ1) is 9.58. The van der Waals surface area contributed by atoms with E-state index in [2.05, 4.69) is 0 Å². The molecule has 2 rings (SSSR count). The molecule has 102 valence electrons. The molecule has 0 unspecified atom stereocenters. The number of hydrogen-bond acceptors (Lipinski definition) is 3. The largest absolute Gasteiger partial charge is 0.485 e. The number of Topliss-reactive ketones (excluding diaryl/α,β-unsaturated/α-hetero) is 1. The van der Waals surface area contributed by atoms with Gasteiger partial charge in [-0.1, -0.05) is 0 Å². The number of benzene rings is 2. The zero-order chi connectivity index (χ0) is 14.5. The van der Waals surface area contributed by atoms with Gasteiger partial charge in [0.2, 0.25) is 0 Å². The average Bonchev–Trinajstić information content (AvgIpc) is 2.45. The molecule has 0 N–H and O–H groups in total. The number of carbonyl (C=O) groups excluding carboxylic acids is 2. The Kier molecular flexibility index (Phi) is 4.20. The van der Waals surface area contributed by atoms with Crippen molar-refractivity contribution in [1.29, 1.82) is 0 Å². The number of aldehydes is 1. The van der Waals surface area contributed by atoms with Crippen LogP contribution >= 0.6 is 0 Å². The quantitative estimate of drug-likeness (QED) is 0.622. The van der Waals surface area contributed by atoms with E-state index < -0.39 is 11.6 Å². The Labute approximate surface area is 113 Å². The summed E-state index contributed by atoms with van der Waals surface area (Å²) < 4.78 is 31.0. The van der Waals surface area contributed by atoms with Gasteiger partial charge in [0.1, 0.15) is 23.7 Å². The molecule has 3 nitrogen and oxygen atoms in total. The van der Waals surface area contributed by atoms with Crippen LogP contribution in [-0.2, 0) is 0 Å². The van der Waals surface area contributed by atoms with E-state index >= 15 is 0 Å². The minimum atomic E-state index is -0.626. The van der Waals surface area contributed by atoms with Gasteiger partial charge in [-0.15, -0.1) is 0 Å². The first-order valence-corrected chi connectivity index (χ1v) is 5.76. The van der Waals surface area contributed by atoms with Crippen LogP contribution in [0.5, 0.6) is 5.75 Å². The van der Waals surface area contributed by atoms with Crippen LogP contribution in [0.4, 0.5) is 8.78 Å². The predicted molar refractivity (Wildman–Crippen MR) is 68.0 cm³/mol. The molecular weight excluding hydrogens is 266 g/mol. The van der Waals surface area contributed by atoms with Crippen LogP contribution in [-0.4, -0.2) is 18.7 Å². The molecule has 0 saturated carbocycles. The molecular formula is C15H10F2O3. The van der Waals surface area contributed by atoms with Crippen LogP contribution in [0.2, 0.25) is 0 Å². The lowest BCUT2D eigenvalue weighted by atomic mass is 10.1. The van der Waals surface area contributed by atoms with Crippen molar-refractivity contribution in [2.45, 2.75) is 0 Å². The fourth-order valence-electron chi connectivity index (χ4n) is 1.60. The fourth-order valence-corrected chi connectivity index (χ4v) is 1.60. The van der Waals surface area contributed by atoms with Crippen molar-refractivity contribution in [3.8, 4) is 5.75 Å². The van der Waals surface area contributed by atoms with Crippen molar-refractivity contribution in [2.75, 3.05) is 6.61 Å². The lowest BCUT2D eigenvalue weighted by Crippen LogP contribution is -2.11. The minimum absolute atomic E-state index is 0.0857. The van der Waals surface area contributed by atoms with Gasteiger partial charge in [0.25, 0.3) is 0 Å². The summed E-state index contributed by atoms with van der Waals surface area (Å²) in [5.74, 6) is -1.36. The molecule has 5 heteroatoms. The first kappa shape index (κ1) is 13.9. The van der Waals surface area contributed by atoms with Gasteiger partial charge in [-0.05, 0) is 36.4 Å². The van der Waals surface area contributed by atoms with E-state index in [1.807, 2.05) is 0 Å². The highest BCUT2D eigenvalue weighted by Gasteiger charge is 2.08. The third-order valence-corrected chi connectivity index (χ3v) is 2.57. The zero-order valence-corrected chi connectivity index (χ0v) is 10.3. The molecule has 0 fully saturated rings. The van der Waals surface area contributed by atoms with E-state index in [1.165, 1.54) is 30.3 Å². The maximum Gasteiger partial charge on any atom is 0.200 e. The molecule has 0 aromatic heterocycles. The van der Waals surface area contributed by atoms with Gasteiger partial charge in [0, 0.05) is 17.2 Å². The van der Waals surface area contributed by atoms with Gasteiger partial charge < -0.3 is 4.74 Å². The van der Waals surface area contributed by atoms with Gasteiger partial charge in [-0.25, -0.2) is 8.78 Å². The Morgan fingerprint density at radius 2 is 1.75 bits per heavy atom. The summed E-state index contributed by atoms with van der Waals surface area (Å²) in [5, 5.41) is 0. The lowest BCUT2D eigenvalue weighted by Gasteiger charge is -2.06. The van der Waals surface area contributed by atoms with E-state index in [0.29, 0.717) is 11.8 Å². The highest BCUT2D eigenvalue weighted by Crippen LogP contribution is 2.16. The van der Waals surface area contributed by atoms with Crippen molar-refractivity contribution in [1.82, 2.24) is 0 Å². The topological polar surface area (TPSA) is 43.4 Å². The smallest absolute Gasteiger partial charge is 0.200 e. The average molecular weight is 276 g/mol. The molecule has 0 bridgehead atoms. The highest BCUT2D eigenvalue weighted by molar-refractivity contribution is 5.97. The second-order valence-electron chi connectivity index (χ2n) is 4.06. The van der Waals surface area contributed by atoms with Crippen molar-refractivity contribution in [3.63, 3.8) is 0 Å². The molecule has 0 atom stereocenters. The second-order valence-corrected chi connectivity index (χ2v) is 4.06. The van der Waals surface area contributed by atoms with Crippen LogP contribution in [0.1, 0.15) is 20.7 Å². The molecule has 0 radical (unpaired) electrons. The fraction of sp³-hybridized carbons (Fsp3) is 0.0667. The lowest BCUT2D eigenvalue weighted by molar-refractivity contribution is 0.0921. The summed E-state index contributed by atoms with van der Waals surface area (Å²) in [6.07, 6.45) is 0.484. The molecule has 2 aromatic rings. The van der Waals surface area contributed by atoms with Gasteiger partial charge >= 0.3 is 0 Å². The Bertz CT molecular complexity index is 636. The number of ether oxygens (including phenoxy) is 1. The van der Waals surface area contributed by atoms with Crippen molar-refractivity contribution >= 4 is 12.1 Å². The van der Waals surface area contributed by atoms with Crippen molar-refractivity contribution in [3.05, 3.63) is 65.2 Å². The number of carbonyl (C=O) groups is 2. The summed E-state index contributed by atoms with van der Waals surface area (Å²) in [7, 11) is 0. The van der Waals surface area contributed by atoms with E-state index in [4.69, 9.17) is 4.74 Å². The monoisotopic (exact) mass is 276 g/mol. The van der Waals surface area contributed by atoms with Crippen molar-refractivity contribution < 1.29 is 23.1 Å². The Hall–Kier alpha value is -2.56. The normalized spacial score (nSPS) is 10.1. The number of hydrogen-bond donors (Lipinski definition) is 0.